The summed E-state index contributed by atoms with van der Waals surface area (Å²) in [7, 11) is 1.71. The molecule has 0 spiro atoms. The molecule has 0 bridgehead atoms. The molecule has 0 heterocycles. The SMILES string of the molecule is CCCc1ccc(CCN)c(OC)c1. The zero-order valence-electron chi connectivity index (χ0n) is 9.05. The van der Waals surface area contributed by atoms with Crippen molar-refractivity contribution in [1.82, 2.24) is 0 Å². The number of nitrogens with two attached hydrogens (primary N) is 1. The second kappa shape index (κ2) is 5.66. The summed E-state index contributed by atoms with van der Waals surface area (Å²) in [6.07, 6.45) is 3.16. The topological polar surface area (TPSA) is 35.2 Å². The molecule has 0 fully saturated rings. The van der Waals surface area contributed by atoms with Crippen LogP contribution in [0.3, 0.4) is 0 Å². The molecule has 0 amide bonds. The maximum atomic E-state index is 5.53. The van der Waals surface area contributed by atoms with E-state index in [1.165, 1.54) is 17.5 Å². The zero-order valence-corrected chi connectivity index (χ0v) is 9.05. The van der Waals surface area contributed by atoms with Crippen molar-refractivity contribution in [2.45, 2.75) is 26.2 Å². The van der Waals surface area contributed by atoms with Gasteiger partial charge in [-0.1, -0.05) is 25.5 Å². The van der Waals surface area contributed by atoms with E-state index < -0.39 is 0 Å². The average molecular weight is 193 g/mol. The Morgan fingerprint density at radius 3 is 2.64 bits per heavy atom. The van der Waals surface area contributed by atoms with Gasteiger partial charge >= 0.3 is 0 Å². The van der Waals surface area contributed by atoms with Gasteiger partial charge in [0.05, 0.1) is 7.11 Å². The quantitative estimate of drug-likeness (QED) is 0.777. The predicted octanol–water partition coefficient (Wildman–Crippen LogP) is 2.15. The predicted molar refractivity (Wildman–Crippen MR) is 59.7 cm³/mol. The number of hydrogen-bond acceptors (Lipinski definition) is 2. The third-order valence-electron chi connectivity index (χ3n) is 2.30. The van der Waals surface area contributed by atoms with Crippen LogP contribution >= 0.6 is 0 Å². The first-order chi connectivity index (χ1) is 6.81. The van der Waals surface area contributed by atoms with E-state index >= 15 is 0 Å². The Morgan fingerprint density at radius 1 is 1.29 bits per heavy atom. The second-order valence-corrected chi connectivity index (χ2v) is 3.43. The maximum Gasteiger partial charge on any atom is 0.122 e. The van der Waals surface area contributed by atoms with Gasteiger partial charge in [0.15, 0.2) is 0 Å². The molecule has 2 nitrogen and oxygen atoms in total. The summed E-state index contributed by atoms with van der Waals surface area (Å²) in [6.45, 7) is 2.85. The van der Waals surface area contributed by atoms with E-state index in [-0.39, 0.29) is 0 Å². The van der Waals surface area contributed by atoms with Crippen molar-refractivity contribution in [3.8, 4) is 5.75 Å². The molecule has 0 aliphatic heterocycles. The van der Waals surface area contributed by atoms with E-state index in [0.717, 1.165) is 18.6 Å². The van der Waals surface area contributed by atoms with Crippen LogP contribution in [0.2, 0.25) is 0 Å². The van der Waals surface area contributed by atoms with E-state index in [4.69, 9.17) is 10.5 Å². The highest BCUT2D eigenvalue weighted by molar-refractivity contribution is 5.37. The molecule has 0 aromatic heterocycles. The summed E-state index contributed by atoms with van der Waals surface area (Å²) in [5.74, 6) is 0.974. The van der Waals surface area contributed by atoms with Crippen LogP contribution in [0.5, 0.6) is 5.75 Å². The zero-order chi connectivity index (χ0) is 10.4. The summed E-state index contributed by atoms with van der Waals surface area (Å²) in [5.41, 5.74) is 8.07. The number of benzene rings is 1. The molecular formula is C12H19NO. The number of rotatable bonds is 5. The van der Waals surface area contributed by atoms with E-state index in [9.17, 15) is 0 Å². The Labute approximate surface area is 86.1 Å². The number of methoxy groups -OCH3 is 1. The lowest BCUT2D eigenvalue weighted by Gasteiger charge is -2.09. The van der Waals surface area contributed by atoms with Gasteiger partial charge in [-0.25, -0.2) is 0 Å². The molecule has 0 saturated heterocycles. The largest absolute Gasteiger partial charge is 0.496 e. The average Bonchev–Trinajstić information content (AvgIpc) is 2.21. The smallest absolute Gasteiger partial charge is 0.122 e. The van der Waals surface area contributed by atoms with Crippen LogP contribution in [-0.4, -0.2) is 13.7 Å². The highest BCUT2D eigenvalue weighted by Crippen LogP contribution is 2.21. The fourth-order valence-electron chi connectivity index (χ4n) is 1.60. The molecule has 1 rings (SSSR count). The standard InChI is InChI=1S/C12H19NO/c1-3-4-10-5-6-11(7-8-13)12(9-10)14-2/h5-6,9H,3-4,7-8,13H2,1-2H3. The van der Waals surface area contributed by atoms with Gasteiger partial charge < -0.3 is 10.5 Å². The molecule has 0 saturated carbocycles. The number of ether oxygens (including phenoxy) is 1. The van der Waals surface area contributed by atoms with Crippen LogP contribution in [-0.2, 0) is 12.8 Å². The van der Waals surface area contributed by atoms with Gasteiger partial charge in [-0.3, -0.25) is 0 Å². The summed E-state index contributed by atoms with van der Waals surface area (Å²) in [4.78, 5) is 0. The molecule has 1 aromatic carbocycles. The third kappa shape index (κ3) is 2.74. The number of hydrogen-bond donors (Lipinski definition) is 1. The Balaban J connectivity index is 2.87. The molecule has 1 aromatic rings. The van der Waals surface area contributed by atoms with Crippen molar-refractivity contribution in [3.05, 3.63) is 29.3 Å². The van der Waals surface area contributed by atoms with Crippen molar-refractivity contribution in [2.24, 2.45) is 5.73 Å². The van der Waals surface area contributed by atoms with Crippen LogP contribution in [0.25, 0.3) is 0 Å². The first-order valence-electron chi connectivity index (χ1n) is 5.17. The number of aryl methyl sites for hydroxylation is 1. The van der Waals surface area contributed by atoms with Crippen molar-refractivity contribution in [3.63, 3.8) is 0 Å². The minimum absolute atomic E-state index is 0.670. The first kappa shape index (κ1) is 11.1. The highest BCUT2D eigenvalue weighted by Gasteiger charge is 2.02. The van der Waals surface area contributed by atoms with Crippen molar-refractivity contribution in [2.75, 3.05) is 13.7 Å². The lowest BCUT2D eigenvalue weighted by molar-refractivity contribution is 0.409. The first-order valence-corrected chi connectivity index (χ1v) is 5.17. The Bertz CT molecular complexity index is 284. The fraction of sp³-hybridized carbons (Fsp3) is 0.500. The van der Waals surface area contributed by atoms with Crippen LogP contribution in [0.1, 0.15) is 24.5 Å². The molecular weight excluding hydrogens is 174 g/mol. The minimum atomic E-state index is 0.670. The van der Waals surface area contributed by atoms with E-state index in [1.54, 1.807) is 7.11 Å². The maximum absolute atomic E-state index is 5.53. The fourth-order valence-corrected chi connectivity index (χ4v) is 1.60. The van der Waals surface area contributed by atoms with Crippen molar-refractivity contribution < 1.29 is 4.74 Å². The Hall–Kier alpha value is -1.02. The van der Waals surface area contributed by atoms with Gasteiger partial charge in [0.1, 0.15) is 5.75 Å². The molecule has 0 aliphatic rings. The van der Waals surface area contributed by atoms with Gasteiger partial charge in [-0.2, -0.15) is 0 Å². The summed E-state index contributed by atoms with van der Waals surface area (Å²) < 4.78 is 5.33. The van der Waals surface area contributed by atoms with Gasteiger partial charge in [0, 0.05) is 0 Å². The molecule has 0 unspecified atom stereocenters. The summed E-state index contributed by atoms with van der Waals surface area (Å²) in [6, 6.07) is 6.40. The van der Waals surface area contributed by atoms with Crippen molar-refractivity contribution in [1.29, 1.82) is 0 Å². The lowest BCUT2D eigenvalue weighted by atomic mass is 10.0. The molecule has 0 atom stereocenters. The van der Waals surface area contributed by atoms with Gasteiger partial charge in [0.2, 0.25) is 0 Å². The Morgan fingerprint density at radius 2 is 2.07 bits per heavy atom. The van der Waals surface area contributed by atoms with Crippen LogP contribution in [0.4, 0.5) is 0 Å². The molecule has 2 heteroatoms. The molecule has 0 radical (unpaired) electrons. The monoisotopic (exact) mass is 193 g/mol. The van der Waals surface area contributed by atoms with E-state index in [0.29, 0.717) is 6.54 Å². The summed E-state index contributed by atoms with van der Waals surface area (Å²) >= 11 is 0. The highest BCUT2D eigenvalue weighted by atomic mass is 16.5. The Kier molecular flexibility index (Phi) is 4.47. The lowest BCUT2D eigenvalue weighted by Crippen LogP contribution is -2.04. The van der Waals surface area contributed by atoms with Crippen LogP contribution < -0.4 is 10.5 Å². The van der Waals surface area contributed by atoms with Crippen molar-refractivity contribution >= 4 is 0 Å². The third-order valence-corrected chi connectivity index (χ3v) is 2.30. The van der Waals surface area contributed by atoms with Crippen LogP contribution in [0.15, 0.2) is 18.2 Å². The molecule has 2 N–H and O–H groups in total. The second-order valence-electron chi connectivity index (χ2n) is 3.43. The van der Waals surface area contributed by atoms with E-state index in [1.807, 2.05) is 0 Å². The molecule has 0 aliphatic carbocycles. The van der Waals surface area contributed by atoms with Crippen LogP contribution in [0, 0.1) is 0 Å². The van der Waals surface area contributed by atoms with Gasteiger partial charge in [0.25, 0.3) is 0 Å². The van der Waals surface area contributed by atoms with Gasteiger partial charge in [-0.15, -0.1) is 0 Å². The van der Waals surface area contributed by atoms with E-state index in [2.05, 4.69) is 25.1 Å². The molecule has 78 valence electrons. The normalized spacial score (nSPS) is 10.2. The van der Waals surface area contributed by atoms with Gasteiger partial charge in [-0.05, 0) is 36.6 Å². The molecule has 14 heavy (non-hydrogen) atoms. The summed E-state index contributed by atoms with van der Waals surface area (Å²) in [5, 5.41) is 0. The minimum Gasteiger partial charge on any atom is -0.496 e.